The number of aliphatic hydroxyl groups is 1. The number of aromatic hydroxyl groups is 1. The second-order valence-corrected chi connectivity index (χ2v) is 9.16. The number of ketones is 1. The number of carbonyl (C=O) groups is 3. The molecular formula is C28H24N2O7S. The molecular weight excluding hydrogens is 508 g/mol. The third-order valence-electron chi connectivity index (χ3n) is 5.66. The lowest BCUT2D eigenvalue weighted by Crippen LogP contribution is -2.29. The normalized spacial score (nSPS) is 16.3. The second kappa shape index (κ2) is 11.1. The van der Waals surface area contributed by atoms with Gasteiger partial charge in [-0.3, -0.25) is 14.5 Å². The molecule has 194 valence electrons. The zero-order valence-electron chi connectivity index (χ0n) is 20.4. The Morgan fingerprint density at radius 2 is 1.74 bits per heavy atom. The summed E-state index contributed by atoms with van der Waals surface area (Å²) in [5.74, 6) is -2.35. The SMILES string of the molecule is C=CCOC(=O)c1sc(N2C(=O)C(=O)/C(=C(/O)c3ccc(OCC=C)cc3)C2c2ccc(O)cc2)nc1C. The molecule has 9 nitrogen and oxygen atoms in total. The first-order chi connectivity index (χ1) is 18.3. The fourth-order valence-corrected chi connectivity index (χ4v) is 4.88. The Morgan fingerprint density at radius 1 is 1.08 bits per heavy atom. The predicted molar refractivity (Wildman–Crippen MR) is 142 cm³/mol. The number of phenols is 1. The predicted octanol–water partition coefficient (Wildman–Crippen LogP) is 4.69. The van der Waals surface area contributed by atoms with Crippen molar-refractivity contribution in [2.75, 3.05) is 18.1 Å². The maximum Gasteiger partial charge on any atom is 0.350 e. The number of carbonyl (C=O) groups excluding carboxylic acids is 3. The number of aryl methyl sites for hydroxylation is 1. The molecule has 0 aliphatic carbocycles. The summed E-state index contributed by atoms with van der Waals surface area (Å²) < 4.78 is 10.6. The third-order valence-corrected chi connectivity index (χ3v) is 6.79. The Kier molecular flexibility index (Phi) is 7.73. The Bertz CT molecular complexity index is 1440. The van der Waals surface area contributed by atoms with E-state index in [1.165, 1.54) is 30.3 Å². The van der Waals surface area contributed by atoms with Crippen LogP contribution < -0.4 is 9.64 Å². The standard InChI is InChI=1S/C28H24N2O7S/c1-4-14-36-20-12-8-18(9-13-20)23(32)21-22(17-6-10-19(31)11-7-17)30(26(34)24(21)33)28-29-16(3)25(38-28)27(35)37-15-5-2/h4-13,22,31-32H,1-2,14-15H2,3H3/b23-21+. The molecule has 2 aromatic carbocycles. The van der Waals surface area contributed by atoms with Crippen molar-refractivity contribution in [3.63, 3.8) is 0 Å². The maximum absolute atomic E-state index is 13.3. The van der Waals surface area contributed by atoms with Crippen LogP contribution in [-0.2, 0) is 14.3 Å². The molecule has 1 fully saturated rings. The van der Waals surface area contributed by atoms with Gasteiger partial charge in [0.2, 0.25) is 0 Å². The Labute approximate surface area is 222 Å². The number of aromatic nitrogens is 1. The number of phenolic OH excluding ortho intramolecular Hbond substituents is 1. The van der Waals surface area contributed by atoms with E-state index >= 15 is 0 Å². The maximum atomic E-state index is 13.3. The van der Waals surface area contributed by atoms with Crippen molar-refractivity contribution >= 4 is 39.9 Å². The van der Waals surface area contributed by atoms with Gasteiger partial charge in [-0.1, -0.05) is 48.8 Å². The summed E-state index contributed by atoms with van der Waals surface area (Å²) in [6.07, 6.45) is 3.02. The van der Waals surface area contributed by atoms with Gasteiger partial charge < -0.3 is 19.7 Å². The zero-order chi connectivity index (χ0) is 27.4. The van der Waals surface area contributed by atoms with Crippen LogP contribution in [-0.4, -0.2) is 46.1 Å². The quantitative estimate of drug-likeness (QED) is 0.134. The van der Waals surface area contributed by atoms with E-state index in [0.717, 1.165) is 16.2 Å². The topological polar surface area (TPSA) is 126 Å². The number of amides is 1. The number of hydrogen-bond donors (Lipinski definition) is 2. The van der Waals surface area contributed by atoms with Crippen molar-refractivity contribution < 1.29 is 34.1 Å². The van der Waals surface area contributed by atoms with Gasteiger partial charge in [-0.15, -0.1) is 0 Å². The molecule has 2 N–H and O–H groups in total. The highest BCUT2D eigenvalue weighted by molar-refractivity contribution is 7.17. The van der Waals surface area contributed by atoms with Crippen LogP contribution in [0.1, 0.15) is 32.5 Å². The van der Waals surface area contributed by atoms with Crippen LogP contribution in [0.2, 0.25) is 0 Å². The first kappa shape index (κ1) is 26.4. The van der Waals surface area contributed by atoms with Gasteiger partial charge in [0.25, 0.3) is 5.78 Å². The molecule has 0 bridgehead atoms. The molecule has 0 radical (unpaired) electrons. The third kappa shape index (κ3) is 5.07. The highest BCUT2D eigenvalue weighted by atomic mass is 32.1. The summed E-state index contributed by atoms with van der Waals surface area (Å²) >= 11 is 0.896. The smallest absolute Gasteiger partial charge is 0.350 e. The summed E-state index contributed by atoms with van der Waals surface area (Å²) in [7, 11) is 0. The molecule has 1 aliphatic rings. The van der Waals surface area contributed by atoms with E-state index < -0.39 is 29.5 Å². The van der Waals surface area contributed by atoms with E-state index in [1.807, 2.05) is 0 Å². The van der Waals surface area contributed by atoms with E-state index in [9.17, 15) is 24.6 Å². The van der Waals surface area contributed by atoms with Crippen LogP contribution in [0, 0.1) is 6.92 Å². The monoisotopic (exact) mass is 532 g/mol. The summed E-state index contributed by atoms with van der Waals surface area (Å²) in [4.78, 5) is 44.8. The van der Waals surface area contributed by atoms with Gasteiger partial charge in [0.05, 0.1) is 17.3 Å². The number of thiazole rings is 1. The lowest BCUT2D eigenvalue weighted by molar-refractivity contribution is -0.132. The fraction of sp³-hybridized carbons (Fsp3) is 0.143. The average molecular weight is 533 g/mol. The van der Waals surface area contributed by atoms with Crippen LogP contribution in [0.15, 0.2) is 79.4 Å². The first-order valence-corrected chi connectivity index (χ1v) is 12.3. The molecule has 1 amide bonds. The van der Waals surface area contributed by atoms with Gasteiger partial charge in [0.15, 0.2) is 5.13 Å². The zero-order valence-corrected chi connectivity index (χ0v) is 21.2. The largest absolute Gasteiger partial charge is 0.508 e. The summed E-state index contributed by atoms with van der Waals surface area (Å²) in [5.41, 5.74) is 0.893. The van der Waals surface area contributed by atoms with E-state index in [2.05, 4.69) is 18.1 Å². The van der Waals surface area contributed by atoms with Gasteiger partial charge in [-0.25, -0.2) is 9.78 Å². The number of Topliss-reactive ketones (excluding diaryl/α,β-unsaturated/α-hetero) is 1. The number of aliphatic hydroxyl groups excluding tert-OH is 1. The van der Waals surface area contributed by atoms with E-state index in [1.54, 1.807) is 37.3 Å². The number of nitrogens with zero attached hydrogens (tertiary/aromatic N) is 2. The second-order valence-electron chi connectivity index (χ2n) is 8.18. The average Bonchev–Trinajstić information content (AvgIpc) is 3.43. The van der Waals surface area contributed by atoms with Crippen LogP contribution >= 0.6 is 11.3 Å². The summed E-state index contributed by atoms with van der Waals surface area (Å²) in [6.45, 7) is 9.00. The number of esters is 1. The minimum Gasteiger partial charge on any atom is -0.508 e. The number of benzene rings is 2. The molecule has 38 heavy (non-hydrogen) atoms. The molecule has 3 aromatic rings. The first-order valence-electron chi connectivity index (χ1n) is 11.5. The highest BCUT2D eigenvalue weighted by Gasteiger charge is 2.48. The van der Waals surface area contributed by atoms with Crippen molar-refractivity contribution in [1.29, 1.82) is 0 Å². The van der Waals surface area contributed by atoms with Crippen molar-refractivity contribution in [1.82, 2.24) is 4.98 Å². The minimum absolute atomic E-state index is 0.000941. The molecule has 1 aliphatic heterocycles. The van der Waals surface area contributed by atoms with Crippen LogP contribution in [0.4, 0.5) is 5.13 Å². The Hall–Kier alpha value is -4.70. The molecule has 0 spiro atoms. The van der Waals surface area contributed by atoms with Crippen LogP contribution in [0.5, 0.6) is 11.5 Å². The minimum atomic E-state index is -1.07. The number of ether oxygens (including phenoxy) is 2. The van der Waals surface area contributed by atoms with E-state index in [-0.39, 0.29) is 27.9 Å². The van der Waals surface area contributed by atoms with Gasteiger partial charge in [-0.2, -0.15) is 0 Å². The highest BCUT2D eigenvalue weighted by Crippen LogP contribution is 2.44. The van der Waals surface area contributed by atoms with Crippen molar-refractivity contribution in [2.45, 2.75) is 13.0 Å². The van der Waals surface area contributed by atoms with Gasteiger partial charge in [0, 0.05) is 5.56 Å². The molecule has 1 unspecified atom stereocenters. The molecule has 1 saturated heterocycles. The Morgan fingerprint density at radius 3 is 2.37 bits per heavy atom. The van der Waals surface area contributed by atoms with E-state index in [4.69, 9.17) is 9.47 Å². The van der Waals surface area contributed by atoms with E-state index in [0.29, 0.717) is 29.2 Å². The van der Waals surface area contributed by atoms with Gasteiger partial charge in [0.1, 0.15) is 35.3 Å². The van der Waals surface area contributed by atoms with Crippen molar-refractivity contribution in [3.8, 4) is 11.5 Å². The summed E-state index contributed by atoms with van der Waals surface area (Å²) in [6, 6.07) is 11.2. The molecule has 0 saturated carbocycles. The van der Waals surface area contributed by atoms with Gasteiger partial charge >= 0.3 is 11.9 Å². The van der Waals surface area contributed by atoms with Crippen LogP contribution in [0.25, 0.3) is 5.76 Å². The van der Waals surface area contributed by atoms with Crippen molar-refractivity contribution in [2.24, 2.45) is 0 Å². The number of anilines is 1. The lowest BCUT2D eigenvalue weighted by Gasteiger charge is -2.23. The molecule has 10 heteroatoms. The Balaban J connectivity index is 1.82. The molecule has 4 rings (SSSR count). The lowest BCUT2D eigenvalue weighted by atomic mass is 9.95. The van der Waals surface area contributed by atoms with Crippen LogP contribution in [0.3, 0.4) is 0 Å². The van der Waals surface area contributed by atoms with Crippen molar-refractivity contribution in [3.05, 3.63) is 101 Å². The fourth-order valence-electron chi connectivity index (χ4n) is 3.90. The van der Waals surface area contributed by atoms with Gasteiger partial charge in [-0.05, 0) is 48.9 Å². The number of hydrogen-bond acceptors (Lipinski definition) is 9. The molecule has 1 aromatic heterocycles. The summed E-state index contributed by atoms with van der Waals surface area (Å²) in [5, 5.41) is 21.1. The molecule has 1 atom stereocenters. The number of rotatable bonds is 9. The molecule has 2 heterocycles.